The first-order valence-electron chi connectivity index (χ1n) is 8.38. The lowest BCUT2D eigenvalue weighted by Gasteiger charge is -2.15. The number of rotatable bonds is 9. The van der Waals surface area contributed by atoms with Crippen molar-refractivity contribution in [1.29, 1.82) is 0 Å². The first kappa shape index (κ1) is 19.4. The molecule has 0 bridgehead atoms. The Bertz CT molecular complexity index is 757. The van der Waals surface area contributed by atoms with Crippen molar-refractivity contribution in [2.24, 2.45) is 11.8 Å². The highest BCUT2D eigenvalue weighted by Crippen LogP contribution is 2.15. The van der Waals surface area contributed by atoms with Gasteiger partial charge in [-0.15, -0.1) is 0 Å². The lowest BCUT2D eigenvalue weighted by Crippen LogP contribution is -2.33. The van der Waals surface area contributed by atoms with Gasteiger partial charge in [-0.3, -0.25) is 9.59 Å². The summed E-state index contributed by atoms with van der Waals surface area (Å²) in [5.41, 5.74) is 0.389. The zero-order valence-electron chi connectivity index (χ0n) is 15.1. The number of ether oxygens (including phenoxy) is 1. The topological polar surface area (TPSA) is 115 Å². The molecule has 0 aliphatic rings. The molecule has 0 saturated carbocycles. The molecule has 0 spiro atoms. The van der Waals surface area contributed by atoms with Crippen LogP contribution in [0.1, 0.15) is 42.3 Å². The molecule has 1 aromatic heterocycles. The van der Waals surface area contributed by atoms with Crippen LogP contribution in [0.25, 0.3) is 0 Å². The Morgan fingerprint density at radius 2 is 2.12 bits per heavy atom. The molecule has 140 valence electrons. The molecule has 0 aliphatic carbocycles. The molecule has 2 aromatic rings. The smallest absolute Gasteiger partial charge is 0.308 e. The minimum Gasteiger partial charge on any atom is -0.485 e. The van der Waals surface area contributed by atoms with Crippen LogP contribution in [0.5, 0.6) is 5.75 Å². The molecule has 0 aliphatic heterocycles. The van der Waals surface area contributed by atoms with Crippen LogP contribution in [0, 0.1) is 18.8 Å². The van der Waals surface area contributed by atoms with Crippen LogP contribution in [0.2, 0.25) is 0 Å². The van der Waals surface area contributed by atoms with Crippen LogP contribution < -0.4 is 10.1 Å². The highest BCUT2D eigenvalue weighted by atomic mass is 16.5. The molecular weight excluding hydrogens is 338 g/mol. The number of nitrogens with zero attached hydrogens (tertiary/aromatic N) is 2. The van der Waals surface area contributed by atoms with E-state index in [0.717, 1.165) is 0 Å². The fourth-order valence-electron chi connectivity index (χ4n) is 2.43. The van der Waals surface area contributed by atoms with Crippen molar-refractivity contribution < 1.29 is 24.0 Å². The molecule has 1 amide bonds. The number of aromatic nitrogens is 2. The molecule has 26 heavy (non-hydrogen) atoms. The average molecular weight is 361 g/mol. The second kappa shape index (κ2) is 8.98. The van der Waals surface area contributed by atoms with Crippen molar-refractivity contribution in [3.8, 4) is 5.75 Å². The Hall–Kier alpha value is -2.90. The number of nitrogens with one attached hydrogen (secondary N) is 1. The molecule has 2 rings (SSSR count). The van der Waals surface area contributed by atoms with Crippen molar-refractivity contribution in [3.05, 3.63) is 41.5 Å². The van der Waals surface area contributed by atoms with Crippen molar-refractivity contribution in [2.45, 2.75) is 33.8 Å². The third-order valence-corrected chi connectivity index (χ3v) is 3.65. The summed E-state index contributed by atoms with van der Waals surface area (Å²) in [6.07, 6.45) is 0.503. The van der Waals surface area contributed by atoms with Gasteiger partial charge in [-0.25, -0.2) is 0 Å². The number of aliphatic carboxylic acids is 1. The lowest BCUT2D eigenvalue weighted by atomic mass is 9.97. The summed E-state index contributed by atoms with van der Waals surface area (Å²) in [7, 11) is 0. The van der Waals surface area contributed by atoms with Gasteiger partial charge in [0.25, 0.3) is 5.91 Å². The zero-order chi connectivity index (χ0) is 19.1. The summed E-state index contributed by atoms with van der Waals surface area (Å²) in [5, 5.41) is 15.6. The Morgan fingerprint density at radius 3 is 2.73 bits per heavy atom. The summed E-state index contributed by atoms with van der Waals surface area (Å²) in [6, 6.07) is 6.62. The number of hydrogen-bond donors (Lipinski definition) is 2. The Morgan fingerprint density at radius 1 is 1.35 bits per heavy atom. The van der Waals surface area contributed by atoms with E-state index >= 15 is 0 Å². The van der Waals surface area contributed by atoms with Crippen molar-refractivity contribution >= 4 is 11.9 Å². The van der Waals surface area contributed by atoms with Gasteiger partial charge in [0.1, 0.15) is 5.75 Å². The fourth-order valence-corrected chi connectivity index (χ4v) is 2.43. The molecule has 1 unspecified atom stereocenters. The number of carbonyl (C=O) groups excluding carboxylic acids is 1. The molecule has 0 fully saturated rings. The predicted octanol–water partition coefficient (Wildman–Crippen LogP) is 2.43. The van der Waals surface area contributed by atoms with E-state index in [4.69, 9.17) is 9.26 Å². The van der Waals surface area contributed by atoms with Crippen LogP contribution in [-0.4, -0.2) is 33.7 Å². The van der Waals surface area contributed by atoms with Gasteiger partial charge < -0.3 is 19.7 Å². The Balaban J connectivity index is 1.93. The second-order valence-corrected chi connectivity index (χ2v) is 6.42. The summed E-state index contributed by atoms with van der Waals surface area (Å²) < 4.78 is 10.4. The maximum Gasteiger partial charge on any atom is 0.308 e. The average Bonchev–Trinajstić information content (AvgIpc) is 3.01. The normalized spacial score (nSPS) is 12.0. The number of carbonyl (C=O) groups is 2. The van der Waals surface area contributed by atoms with Gasteiger partial charge in [0.05, 0.1) is 5.92 Å². The summed E-state index contributed by atoms with van der Waals surface area (Å²) >= 11 is 0. The summed E-state index contributed by atoms with van der Waals surface area (Å²) in [5.74, 6) is -0.288. The maximum atomic E-state index is 12.3. The van der Waals surface area contributed by atoms with Crippen LogP contribution in [0.3, 0.4) is 0 Å². The Kier molecular flexibility index (Phi) is 6.71. The van der Waals surface area contributed by atoms with Gasteiger partial charge in [-0.2, -0.15) is 4.98 Å². The highest BCUT2D eigenvalue weighted by Gasteiger charge is 2.20. The first-order valence-corrected chi connectivity index (χ1v) is 8.38. The molecule has 1 atom stereocenters. The van der Waals surface area contributed by atoms with Crippen LogP contribution in [0.15, 0.2) is 28.8 Å². The van der Waals surface area contributed by atoms with Crippen LogP contribution in [-0.2, 0) is 11.4 Å². The lowest BCUT2D eigenvalue weighted by molar-refractivity contribution is -0.142. The van der Waals surface area contributed by atoms with Gasteiger partial charge >= 0.3 is 5.97 Å². The number of amides is 1. The third-order valence-electron chi connectivity index (χ3n) is 3.65. The Labute approximate surface area is 151 Å². The van der Waals surface area contributed by atoms with Crippen molar-refractivity contribution in [2.75, 3.05) is 6.54 Å². The number of carboxylic acids is 1. The van der Waals surface area contributed by atoms with Gasteiger partial charge in [0.2, 0.25) is 11.7 Å². The second-order valence-electron chi connectivity index (χ2n) is 6.42. The number of benzene rings is 1. The third kappa shape index (κ3) is 5.87. The first-order chi connectivity index (χ1) is 12.3. The van der Waals surface area contributed by atoms with E-state index in [1.54, 1.807) is 31.2 Å². The minimum atomic E-state index is -0.911. The van der Waals surface area contributed by atoms with Crippen LogP contribution in [0.4, 0.5) is 0 Å². The summed E-state index contributed by atoms with van der Waals surface area (Å²) in [4.78, 5) is 27.6. The van der Waals surface area contributed by atoms with E-state index in [9.17, 15) is 14.7 Å². The van der Waals surface area contributed by atoms with E-state index < -0.39 is 11.9 Å². The summed E-state index contributed by atoms with van der Waals surface area (Å²) in [6.45, 7) is 5.79. The molecule has 8 heteroatoms. The van der Waals surface area contributed by atoms with Gasteiger partial charge in [-0.1, -0.05) is 25.1 Å². The number of hydrogen-bond acceptors (Lipinski definition) is 6. The van der Waals surface area contributed by atoms with Crippen molar-refractivity contribution in [3.63, 3.8) is 0 Å². The zero-order valence-corrected chi connectivity index (χ0v) is 15.1. The van der Waals surface area contributed by atoms with E-state index in [1.807, 2.05) is 13.8 Å². The minimum absolute atomic E-state index is 0.0829. The largest absolute Gasteiger partial charge is 0.485 e. The number of aryl methyl sites for hydroxylation is 1. The highest BCUT2D eigenvalue weighted by molar-refractivity contribution is 5.94. The van der Waals surface area contributed by atoms with Gasteiger partial charge in [-0.05, 0) is 30.5 Å². The van der Waals surface area contributed by atoms with Crippen molar-refractivity contribution in [1.82, 2.24) is 15.5 Å². The van der Waals surface area contributed by atoms with E-state index in [2.05, 4.69) is 15.5 Å². The van der Waals surface area contributed by atoms with Gasteiger partial charge in [0, 0.05) is 19.0 Å². The SMILES string of the molecule is Cc1nc(COc2cccc(C(=O)NCC(CC(C)C)C(=O)O)c2)no1. The van der Waals surface area contributed by atoms with Gasteiger partial charge in [0.15, 0.2) is 6.61 Å². The monoisotopic (exact) mass is 361 g/mol. The molecule has 1 aromatic carbocycles. The molecule has 0 saturated heterocycles. The molecule has 0 radical (unpaired) electrons. The standard InChI is InChI=1S/C18H23N3O5/c1-11(2)7-14(18(23)24)9-19-17(22)13-5-4-6-15(8-13)25-10-16-20-12(3)26-21-16/h4-6,8,11,14H,7,9-10H2,1-3H3,(H,19,22)(H,23,24). The van der Waals surface area contributed by atoms with E-state index in [-0.39, 0.29) is 25.0 Å². The molecule has 2 N–H and O–H groups in total. The van der Waals surface area contributed by atoms with E-state index in [0.29, 0.717) is 29.4 Å². The molecule has 8 nitrogen and oxygen atoms in total. The quantitative estimate of drug-likeness (QED) is 0.705. The van der Waals surface area contributed by atoms with E-state index in [1.165, 1.54) is 0 Å². The molecular formula is C18H23N3O5. The van der Waals surface area contributed by atoms with Crippen LogP contribution >= 0.6 is 0 Å². The molecule has 1 heterocycles. The number of carboxylic acid groups (broad SMARTS) is 1. The predicted molar refractivity (Wildman–Crippen MR) is 92.7 cm³/mol. The fraction of sp³-hybridized carbons (Fsp3) is 0.444. The maximum absolute atomic E-state index is 12.3.